The topological polar surface area (TPSA) is 43.1 Å². The van der Waals surface area contributed by atoms with Crippen LogP contribution in [0, 0.1) is 6.92 Å². The summed E-state index contributed by atoms with van der Waals surface area (Å²) in [6.07, 6.45) is 0.800. The van der Waals surface area contributed by atoms with E-state index in [2.05, 4.69) is 5.16 Å². The Kier molecular flexibility index (Phi) is 3.17. The van der Waals surface area contributed by atoms with Crippen LogP contribution in [0.25, 0.3) is 22.6 Å². The number of aldehydes is 1. The maximum Gasteiger partial charge on any atom is 0.178 e. The number of aryl methyl sites for hydroxylation is 1. The quantitative estimate of drug-likeness (QED) is 0.667. The molecule has 0 aliphatic heterocycles. The van der Waals surface area contributed by atoms with Gasteiger partial charge in [0.15, 0.2) is 12.0 Å². The first-order chi connectivity index (χ1) is 9.79. The average Bonchev–Trinajstić information content (AvgIpc) is 2.93. The second-order valence-electron chi connectivity index (χ2n) is 4.62. The molecular formula is C17H13NO2. The van der Waals surface area contributed by atoms with Gasteiger partial charge in [-0.3, -0.25) is 4.79 Å². The standard InChI is InChI=1S/C17H13NO2/c1-12-7-9-14(10-8-12)17-15(11-19)16(18-20-17)13-5-3-2-4-6-13/h2-11H,1H3. The molecule has 1 heterocycles. The van der Waals surface area contributed by atoms with Crippen molar-refractivity contribution in [3.8, 4) is 22.6 Å². The van der Waals surface area contributed by atoms with Crippen LogP contribution in [0.4, 0.5) is 0 Å². The highest BCUT2D eigenvalue weighted by molar-refractivity contribution is 5.93. The van der Waals surface area contributed by atoms with Gasteiger partial charge in [-0.2, -0.15) is 0 Å². The Morgan fingerprint density at radius 2 is 1.65 bits per heavy atom. The lowest BCUT2D eigenvalue weighted by Gasteiger charge is -1.99. The molecule has 0 amide bonds. The van der Waals surface area contributed by atoms with Crippen LogP contribution in [-0.4, -0.2) is 11.4 Å². The Bertz CT molecular complexity index is 727. The highest BCUT2D eigenvalue weighted by Crippen LogP contribution is 2.30. The van der Waals surface area contributed by atoms with Gasteiger partial charge in [0.25, 0.3) is 0 Å². The first-order valence-corrected chi connectivity index (χ1v) is 6.37. The third kappa shape index (κ3) is 2.14. The van der Waals surface area contributed by atoms with E-state index in [0.29, 0.717) is 17.0 Å². The van der Waals surface area contributed by atoms with Crippen LogP contribution < -0.4 is 0 Å². The lowest BCUT2D eigenvalue weighted by molar-refractivity contribution is 0.112. The predicted molar refractivity (Wildman–Crippen MR) is 77.5 cm³/mol. The van der Waals surface area contributed by atoms with E-state index < -0.39 is 0 Å². The Morgan fingerprint density at radius 3 is 2.30 bits per heavy atom. The van der Waals surface area contributed by atoms with Crippen LogP contribution in [0.1, 0.15) is 15.9 Å². The molecule has 20 heavy (non-hydrogen) atoms. The summed E-state index contributed by atoms with van der Waals surface area (Å²) in [5.74, 6) is 0.513. The minimum atomic E-state index is 0.486. The molecule has 2 aromatic carbocycles. The molecule has 98 valence electrons. The average molecular weight is 263 g/mol. The lowest BCUT2D eigenvalue weighted by Crippen LogP contribution is -1.86. The Labute approximate surface area is 116 Å². The van der Waals surface area contributed by atoms with Gasteiger partial charge in [-0.15, -0.1) is 0 Å². The summed E-state index contributed by atoms with van der Waals surface area (Å²) in [5, 5.41) is 4.05. The number of hydrogen-bond acceptors (Lipinski definition) is 3. The van der Waals surface area contributed by atoms with Gasteiger partial charge < -0.3 is 4.52 Å². The molecule has 0 saturated heterocycles. The van der Waals surface area contributed by atoms with E-state index in [1.54, 1.807) is 0 Å². The molecule has 0 unspecified atom stereocenters. The fraction of sp³-hybridized carbons (Fsp3) is 0.0588. The predicted octanol–water partition coefficient (Wildman–Crippen LogP) is 4.13. The van der Waals surface area contributed by atoms with Crippen molar-refractivity contribution in [3.63, 3.8) is 0 Å². The van der Waals surface area contributed by atoms with E-state index in [-0.39, 0.29) is 0 Å². The van der Waals surface area contributed by atoms with Gasteiger partial charge in [0.1, 0.15) is 5.69 Å². The number of rotatable bonds is 3. The van der Waals surface area contributed by atoms with Crippen molar-refractivity contribution in [2.75, 3.05) is 0 Å². The Morgan fingerprint density at radius 1 is 0.950 bits per heavy atom. The summed E-state index contributed by atoms with van der Waals surface area (Å²) >= 11 is 0. The van der Waals surface area contributed by atoms with E-state index in [0.717, 1.165) is 23.0 Å². The van der Waals surface area contributed by atoms with Crippen LogP contribution in [0.2, 0.25) is 0 Å². The summed E-state index contributed by atoms with van der Waals surface area (Å²) in [5.41, 5.74) is 3.95. The van der Waals surface area contributed by atoms with E-state index in [4.69, 9.17) is 4.52 Å². The van der Waals surface area contributed by atoms with Gasteiger partial charge in [-0.05, 0) is 6.92 Å². The van der Waals surface area contributed by atoms with Crippen molar-refractivity contribution in [1.29, 1.82) is 0 Å². The molecule has 0 N–H and O–H groups in total. The van der Waals surface area contributed by atoms with Gasteiger partial charge in [-0.1, -0.05) is 65.3 Å². The fourth-order valence-electron chi connectivity index (χ4n) is 2.12. The van der Waals surface area contributed by atoms with E-state index >= 15 is 0 Å². The number of carbonyl (C=O) groups is 1. The largest absolute Gasteiger partial charge is 0.355 e. The van der Waals surface area contributed by atoms with E-state index in [1.165, 1.54) is 0 Å². The van der Waals surface area contributed by atoms with Gasteiger partial charge in [0, 0.05) is 11.1 Å². The number of nitrogens with zero attached hydrogens (tertiary/aromatic N) is 1. The monoisotopic (exact) mass is 263 g/mol. The van der Waals surface area contributed by atoms with Gasteiger partial charge in [-0.25, -0.2) is 0 Å². The molecular weight excluding hydrogens is 250 g/mol. The summed E-state index contributed by atoms with van der Waals surface area (Å²) in [6, 6.07) is 17.4. The molecule has 3 heteroatoms. The third-order valence-electron chi connectivity index (χ3n) is 3.21. The van der Waals surface area contributed by atoms with E-state index in [1.807, 2.05) is 61.5 Å². The molecule has 3 nitrogen and oxygen atoms in total. The van der Waals surface area contributed by atoms with Crippen LogP contribution >= 0.6 is 0 Å². The zero-order valence-corrected chi connectivity index (χ0v) is 11.0. The summed E-state index contributed by atoms with van der Waals surface area (Å²) < 4.78 is 5.39. The molecule has 0 fully saturated rings. The first-order valence-electron chi connectivity index (χ1n) is 6.37. The van der Waals surface area contributed by atoms with Crippen molar-refractivity contribution in [2.24, 2.45) is 0 Å². The maximum absolute atomic E-state index is 11.4. The zero-order valence-electron chi connectivity index (χ0n) is 11.0. The number of carbonyl (C=O) groups excluding carboxylic acids is 1. The Balaban J connectivity index is 2.13. The first kappa shape index (κ1) is 12.4. The lowest BCUT2D eigenvalue weighted by atomic mass is 10.0. The molecule has 3 aromatic rings. The smallest absolute Gasteiger partial charge is 0.178 e. The zero-order chi connectivity index (χ0) is 13.9. The number of hydrogen-bond donors (Lipinski definition) is 0. The normalized spacial score (nSPS) is 10.4. The minimum absolute atomic E-state index is 0.486. The van der Waals surface area contributed by atoms with Crippen molar-refractivity contribution < 1.29 is 9.32 Å². The van der Waals surface area contributed by atoms with Crippen LogP contribution in [-0.2, 0) is 0 Å². The van der Waals surface area contributed by atoms with E-state index in [9.17, 15) is 4.79 Å². The molecule has 0 atom stereocenters. The molecule has 0 aliphatic carbocycles. The minimum Gasteiger partial charge on any atom is -0.355 e. The van der Waals surface area contributed by atoms with Gasteiger partial charge in [0.2, 0.25) is 0 Å². The van der Waals surface area contributed by atoms with Crippen LogP contribution in [0.3, 0.4) is 0 Å². The molecule has 0 saturated carbocycles. The van der Waals surface area contributed by atoms with Crippen LogP contribution in [0.5, 0.6) is 0 Å². The molecule has 3 rings (SSSR count). The second-order valence-corrected chi connectivity index (χ2v) is 4.62. The summed E-state index contributed by atoms with van der Waals surface area (Å²) in [4.78, 5) is 11.4. The Hall–Kier alpha value is -2.68. The summed E-state index contributed by atoms with van der Waals surface area (Å²) in [7, 11) is 0. The number of aromatic nitrogens is 1. The summed E-state index contributed by atoms with van der Waals surface area (Å²) in [6.45, 7) is 2.01. The highest BCUT2D eigenvalue weighted by atomic mass is 16.5. The highest BCUT2D eigenvalue weighted by Gasteiger charge is 2.18. The SMILES string of the molecule is Cc1ccc(-c2onc(-c3ccccc3)c2C=O)cc1. The molecule has 0 spiro atoms. The fourth-order valence-corrected chi connectivity index (χ4v) is 2.12. The van der Waals surface area contributed by atoms with Crippen molar-refractivity contribution in [2.45, 2.75) is 6.92 Å². The maximum atomic E-state index is 11.4. The number of benzene rings is 2. The van der Waals surface area contributed by atoms with Gasteiger partial charge >= 0.3 is 0 Å². The second kappa shape index (κ2) is 5.13. The molecule has 0 radical (unpaired) electrons. The molecule has 1 aromatic heterocycles. The van der Waals surface area contributed by atoms with Crippen molar-refractivity contribution in [3.05, 3.63) is 65.7 Å². The molecule has 0 aliphatic rings. The van der Waals surface area contributed by atoms with Crippen molar-refractivity contribution in [1.82, 2.24) is 5.16 Å². The third-order valence-corrected chi connectivity index (χ3v) is 3.21. The molecule has 0 bridgehead atoms. The van der Waals surface area contributed by atoms with Crippen LogP contribution in [0.15, 0.2) is 59.1 Å². The van der Waals surface area contributed by atoms with Crippen molar-refractivity contribution >= 4 is 6.29 Å². The van der Waals surface area contributed by atoms with Gasteiger partial charge in [0.05, 0.1) is 5.56 Å².